The molecule has 16 heavy (non-hydrogen) atoms. The Kier molecular flexibility index (Phi) is 3.27. The molecule has 1 saturated heterocycles. The number of rotatable bonds is 2. The molecule has 0 amide bonds. The van der Waals surface area contributed by atoms with Crippen LogP contribution in [0.2, 0.25) is 0 Å². The van der Waals surface area contributed by atoms with E-state index in [1.165, 1.54) is 12.8 Å². The van der Waals surface area contributed by atoms with Gasteiger partial charge in [0.25, 0.3) is 0 Å². The predicted molar refractivity (Wildman–Crippen MR) is 66.2 cm³/mol. The van der Waals surface area contributed by atoms with E-state index in [1.807, 2.05) is 0 Å². The Morgan fingerprint density at radius 3 is 2.44 bits per heavy atom. The molecule has 0 aromatic carbocycles. The van der Waals surface area contributed by atoms with Gasteiger partial charge in [0, 0.05) is 13.1 Å². The van der Waals surface area contributed by atoms with Crippen LogP contribution in [0.1, 0.15) is 26.7 Å². The van der Waals surface area contributed by atoms with Gasteiger partial charge in [0.2, 0.25) is 0 Å². The molecule has 2 heterocycles. The van der Waals surface area contributed by atoms with Crippen LogP contribution in [0.25, 0.3) is 0 Å². The Balaban J connectivity index is 1.96. The summed E-state index contributed by atoms with van der Waals surface area (Å²) in [7, 11) is 0. The van der Waals surface area contributed by atoms with Gasteiger partial charge in [-0.15, -0.1) is 0 Å². The van der Waals surface area contributed by atoms with Gasteiger partial charge in [-0.25, -0.2) is 9.97 Å². The maximum absolute atomic E-state index is 5.53. The molecule has 88 valence electrons. The zero-order chi connectivity index (χ0) is 11.5. The van der Waals surface area contributed by atoms with Crippen LogP contribution in [0.15, 0.2) is 12.4 Å². The molecule has 0 saturated carbocycles. The highest BCUT2D eigenvalue weighted by atomic mass is 15.2. The van der Waals surface area contributed by atoms with Crippen LogP contribution in [-0.4, -0.2) is 23.1 Å². The van der Waals surface area contributed by atoms with Crippen molar-refractivity contribution >= 4 is 11.6 Å². The summed E-state index contributed by atoms with van der Waals surface area (Å²) in [6.45, 7) is 6.79. The number of hydrogen-bond donors (Lipinski definition) is 1. The highest BCUT2D eigenvalue weighted by Crippen LogP contribution is 2.26. The fraction of sp³-hybridized carbons (Fsp3) is 0.667. The van der Waals surface area contributed by atoms with E-state index in [4.69, 9.17) is 5.73 Å². The first kappa shape index (κ1) is 11.2. The molecular formula is C12H20N4. The summed E-state index contributed by atoms with van der Waals surface area (Å²) in [5.74, 6) is 3.09. The van der Waals surface area contributed by atoms with Gasteiger partial charge in [0.05, 0.1) is 12.4 Å². The van der Waals surface area contributed by atoms with E-state index in [1.54, 1.807) is 12.4 Å². The van der Waals surface area contributed by atoms with Gasteiger partial charge < -0.3 is 10.6 Å². The number of nitrogens with zero attached hydrogens (tertiary/aromatic N) is 3. The Labute approximate surface area is 96.9 Å². The molecule has 1 aromatic rings. The maximum Gasteiger partial charge on any atom is 0.147 e. The molecule has 0 radical (unpaired) electrons. The van der Waals surface area contributed by atoms with Crippen LogP contribution >= 0.6 is 0 Å². The first-order valence-electron chi connectivity index (χ1n) is 5.99. The van der Waals surface area contributed by atoms with E-state index < -0.39 is 0 Å². The van der Waals surface area contributed by atoms with E-state index >= 15 is 0 Å². The van der Waals surface area contributed by atoms with E-state index in [-0.39, 0.29) is 0 Å². The summed E-state index contributed by atoms with van der Waals surface area (Å²) in [6, 6.07) is 0. The first-order chi connectivity index (χ1) is 7.66. The molecule has 4 nitrogen and oxygen atoms in total. The fourth-order valence-electron chi connectivity index (χ4n) is 2.29. The van der Waals surface area contributed by atoms with Crippen LogP contribution in [0.4, 0.5) is 11.6 Å². The normalized spacial score (nSPS) is 18.1. The van der Waals surface area contributed by atoms with Crippen LogP contribution in [0.3, 0.4) is 0 Å². The third-order valence-electron chi connectivity index (χ3n) is 3.46. The Morgan fingerprint density at radius 1 is 1.25 bits per heavy atom. The quantitative estimate of drug-likeness (QED) is 0.827. The monoisotopic (exact) mass is 220 g/mol. The maximum atomic E-state index is 5.53. The zero-order valence-electron chi connectivity index (χ0n) is 10.1. The highest BCUT2D eigenvalue weighted by molar-refractivity contribution is 5.39. The Morgan fingerprint density at radius 2 is 1.94 bits per heavy atom. The number of anilines is 2. The Bertz CT molecular complexity index is 325. The van der Waals surface area contributed by atoms with Crippen LogP contribution in [-0.2, 0) is 0 Å². The molecule has 0 spiro atoms. The van der Waals surface area contributed by atoms with Crippen molar-refractivity contribution in [2.45, 2.75) is 26.7 Å². The van der Waals surface area contributed by atoms with Crippen molar-refractivity contribution in [1.82, 2.24) is 9.97 Å². The third kappa shape index (κ3) is 2.43. The molecule has 4 heteroatoms. The lowest BCUT2D eigenvalue weighted by atomic mass is 9.87. The first-order valence-corrected chi connectivity index (χ1v) is 5.99. The summed E-state index contributed by atoms with van der Waals surface area (Å²) in [6.07, 6.45) is 5.91. The van der Waals surface area contributed by atoms with Crippen molar-refractivity contribution < 1.29 is 0 Å². The molecule has 1 aliphatic rings. The summed E-state index contributed by atoms with van der Waals surface area (Å²) in [5.41, 5.74) is 5.53. The SMILES string of the molecule is CC(C)C1CCN(c2cnc(N)cn2)CC1. The lowest BCUT2D eigenvalue weighted by molar-refractivity contribution is 0.310. The van der Waals surface area contributed by atoms with Crippen molar-refractivity contribution in [3.8, 4) is 0 Å². The van der Waals surface area contributed by atoms with Crippen molar-refractivity contribution in [1.29, 1.82) is 0 Å². The lowest BCUT2D eigenvalue weighted by Crippen LogP contribution is -2.35. The number of nitrogens with two attached hydrogens (primary N) is 1. The molecule has 1 aliphatic heterocycles. The van der Waals surface area contributed by atoms with Crippen molar-refractivity contribution in [3.63, 3.8) is 0 Å². The second kappa shape index (κ2) is 4.68. The summed E-state index contributed by atoms with van der Waals surface area (Å²) in [5, 5.41) is 0. The smallest absolute Gasteiger partial charge is 0.147 e. The second-order valence-corrected chi connectivity index (χ2v) is 4.87. The van der Waals surface area contributed by atoms with Crippen LogP contribution < -0.4 is 10.6 Å². The van der Waals surface area contributed by atoms with Gasteiger partial charge in [-0.3, -0.25) is 0 Å². The highest BCUT2D eigenvalue weighted by Gasteiger charge is 2.22. The lowest BCUT2D eigenvalue weighted by Gasteiger charge is -2.34. The Hall–Kier alpha value is -1.32. The van der Waals surface area contributed by atoms with Crippen molar-refractivity contribution in [2.75, 3.05) is 23.7 Å². The van der Waals surface area contributed by atoms with E-state index in [2.05, 4.69) is 28.7 Å². The largest absolute Gasteiger partial charge is 0.382 e. The summed E-state index contributed by atoms with van der Waals surface area (Å²) in [4.78, 5) is 10.7. The summed E-state index contributed by atoms with van der Waals surface area (Å²) < 4.78 is 0. The van der Waals surface area contributed by atoms with E-state index in [9.17, 15) is 0 Å². The van der Waals surface area contributed by atoms with Gasteiger partial charge in [-0.1, -0.05) is 13.8 Å². The molecule has 0 bridgehead atoms. The minimum atomic E-state index is 0.487. The van der Waals surface area contributed by atoms with Crippen LogP contribution in [0, 0.1) is 11.8 Å². The molecule has 0 atom stereocenters. The number of piperidine rings is 1. The van der Waals surface area contributed by atoms with Gasteiger partial charge in [-0.05, 0) is 24.7 Å². The standard InChI is InChI=1S/C12H20N4/c1-9(2)10-3-5-16(6-4-10)12-8-14-11(13)7-15-12/h7-10H,3-6H2,1-2H3,(H2,13,14). The molecule has 0 aliphatic carbocycles. The number of hydrogen-bond acceptors (Lipinski definition) is 4. The minimum absolute atomic E-state index is 0.487. The molecule has 1 fully saturated rings. The third-order valence-corrected chi connectivity index (χ3v) is 3.46. The van der Waals surface area contributed by atoms with Gasteiger partial charge in [0.15, 0.2) is 0 Å². The van der Waals surface area contributed by atoms with E-state index in [0.717, 1.165) is 30.7 Å². The average Bonchev–Trinajstić information content (AvgIpc) is 2.30. The molecule has 2 rings (SSSR count). The number of aromatic nitrogens is 2. The summed E-state index contributed by atoms with van der Waals surface area (Å²) >= 11 is 0. The van der Waals surface area contributed by atoms with Crippen molar-refractivity contribution in [2.24, 2.45) is 11.8 Å². The molecule has 0 unspecified atom stereocenters. The minimum Gasteiger partial charge on any atom is -0.382 e. The topological polar surface area (TPSA) is 55.0 Å². The fourth-order valence-corrected chi connectivity index (χ4v) is 2.29. The molecule has 1 aromatic heterocycles. The number of nitrogen functional groups attached to an aromatic ring is 1. The van der Waals surface area contributed by atoms with Gasteiger partial charge in [-0.2, -0.15) is 0 Å². The van der Waals surface area contributed by atoms with E-state index in [0.29, 0.717) is 5.82 Å². The predicted octanol–water partition coefficient (Wildman–Crippen LogP) is 1.93. The zero-order valence-corrected chi connectivity index (χ0v) is 10.1. The van der Waals surface area contributed by atoms with Crippen molar-refractivity contribution in [3.05, 3.63) is 12.4 Å². The second-order valence-electron chi connectivity index (χ2n) is 4.87. The van der Waals surface area contributed by atoms with Gasteiger partial charge in [0.1, 0.15) is 11.6 Å². The molecular weight excluding hydrogens is 200 g/mol. The van der Waals surface area contributed by atoms with Gasteiger partial charge >= 0.3 is 0 Å². The molecule has 2 N–H and O–H groups in total. The average molecular weight is 220 g/mol. The van der Waals surface area contributed by atoms with Crippen LogP contribution in [0.5, 0.6) is 0 Å².